The molecule has 3 N–H and O–H groups in total. The number of amides is 1. The highest BCUT2D eigenvalue weighted by Gasteiger charge is 2.51. The highest BCUT2D eigenvalue weighted by molar-refractivity contribution is 8.01. The molecule has 3 heterocycles. The Hall–Kier alpha value is -1.45. The molecule has 7 nitrogen and oxygen atoms in total. The predicted octanol–water partition coefficient (Wildman–Crippen LogP) is 1.47. The Morgan fingerprint density at radius 1 is 1.50 bits per heavy atom. The molecule has 1 saturated heterocycles. The Kier molecular flexibility index (Phi) is 4.93. The first-order valence-corrected chi connectivity index (χ1v) is 9.78. The summed E-state index contributed by atoms with van der Waals surface area (Å²) in [6.45, 7) is 3.98. The van der Waals surface area contributed by atoms with Gasteiger partial charge >= 0.3 is 5.97 Å². The number of fused-ring (bicyclic) bond motifs is 1. The van der Waals surface area contributed by atoms with Crippen LogP contribution in [-0.4, -0.2) is 49.8 Å². The summed E-state index contributed by atoms with van der Waals surface area (Å²) in [5, 5.41) is 9.99. The number of aryl methyl sites for hydroxylation is 2. The number of thioether (sulfide) groups is 2. The molecular weight excluding hydrogens is 350 g/mol. The fraction of sp³-hybridized carbons (Fsp3) is 0.533. The minimum atomic E-state index is -1.08. The number of hydrogen-bond acceptors (Lipinski definition) is 7. The maximum Gasteiger partial charge on any atom is 0.352 e. The fourth-order valence-corrected chi connectivity index (χ4v) is 5.19. The predicted molar refractivity (Wildman–Crippen MR) is 91.7 cm³/mol. The topological polar surface area (TPSA) is 110 Å². The number of carbonyl (C=O) groups is 2. The molecule has 0 radical (unpaired) electrons. The number of rotatable bonds is 6. The van der Waals surface area contributed by atoms with Gasteiger partial charge in [0.25, 0.3) is 0 Å². The van der Waals surface area contributed by atoms with Crippen molar-refractivity contribution in [3.63, 3.8) is 0 Å². The second kappa shape index (κ2) is 6.81. The van der Waals surface area contributed by atoms with Crippen LogP contribution in [0.4, 0.5) is 0 Å². The van der Waals surface area contributed by atoms with E-state index in [-0.39, 0.29) is 17.0 Å². The van der Waals surface area contributed by atoms with E-state index in [0.29, 0.717) is 29.4 Å². The monoisotopic (exact) mass is 369 g/mol. The van der Waals surface area contributed by atoms with E-state index in [1.54, 1.807) is 0 Å². The van der Waals surface area contributed by atoms with Crippen molar-refractivity contribution in [1.29, 1.82) is 0 Å². The van der Waals surface area contributed by atoms with Crippen LogP contribution in [0.5, 0.6) is 0 Å². The number of carboxylic acids is 1. The van der Waals surface area contributed by atoms with Crippen molar-refractivity contribution in [1.82, 2.24) is 9.88 Å². The molecule has 3 rings (SSSR count). The molecule has 9 heteroatoms. The number of carboxylic acid groups (broad SMARTS) is 1. The van der Waals surface area contributed by atoms with Gasteiger partial charge in [-0.2, -0.15) is 0 Å². The Morgan fingerprint density at radius 3 is 2.88 bits per heavy atom. The van der Waals surface area contributed by atoms with Crippen molar-refractivity contribution in [2.24, 2.45) is 5.73 Å². The molecule has 0 aliphatic carbocycles. The smallest absolute Gasteiger partial charge is 0.352 e. The van der Waals surface area contributed by atoms with Crippen LogP contribution in [0.2, 0.25) is 0 Å². The lowest BCUT2D eigenvalue weighted by atomic mass is 10.0. The standard InChI is InChI=1S/C15H19N3O4S2/c1-3-8-15(22-9(4-2)17-8)24-6-7-5-23-13-10(16)12(19)18(13)11(7)14(20)21/h10,13H,3-6,16H2,1-2H3,(H,20,21)/t10?,13-/m0/s1. The third-order valence-corrected chi connectivity index (χ3v) is 6.45. The van der Waals surface area contributed by atoms with Gasteiger partial charge in [-0.1, -0.05) is 25.6 Å². The van der Waals surface area contributed by atoms with Gasteiger partial charge in [0, 0.05) is 17.9 Å². The fourth-order valence-electron chi connectivity index (χ4n) is 2.72. The van der Waals surface area contributed by atoms with Crippen LogP contribution in [0, 0.1) is 0 Å². The number of hydrogen-bond donors (Lipinski definition) is 2. The normalized spacial score (nSPS) is 23.3. The summed E-state index contributed by atoms with van der Waals surface area (Å²) < 4.78 is 5.72. The first-order chi connectivity index (χ1) is 11.5. The molecule has 1 aromatic heterocycles. The summed E-state index contributed by atoms with van der Waals surface area (Å²) >= 11 is 2.94. The number of β-lactam (4-membered cyclic amide) rings is 1. The van der Waals surface area contributed by atoms with Gasteiger partial charge in [0.1, 0.15) is 17.1 Å². The van der Waals surface area contributed by atoms with Crippen molar-refractivity contribution < 1.29 is 19.1 Å². The highest BCUT2D eigenvalue weighted by atomic mass is 32.2. The van der Waals surface area contributed by atoms with Crippen molar-refractivity contribution in [2.75, 3.05) is 11.5 Å². The van der Waals surface area contributed by atoms with Crippen LogP contribution in [0.25, 0.3) is 0 Å². The lowest BCUT2D eigenvalue weighted by Gasteiger charge is -2.48. The van der Waals surface area contributed by atoms with Crippen LogP contribution in [0.3, 0.4) is 0 Å². The summed E-state index contributed by atoms with van der Waals surface area (Å²) in [4.78, 5) is 29.3. The van der Waals surface area contributed by atoms with E-state index in [1.165, 1.54) is 28.4 Å². The summed E-state index contributed by atoms with van der Waals surface area (Å²) in [5.74, 6) is 0.273. The van der Waals surface area contributed by atoms with Gasteiger partial charge < -0.3 is 15.3 Å². The molecule has 0 spiro atoms. The Balaban J connectivity index is 1.81. The number of aliphatic carboxylic acids is 1. The number of oxazole rings is 1. The zero-order chi connectivity index (χ0) is 17.4. The maximum absolute atomic E-state index is 11.9. The molecule has 2 atom stereocenters. The van der Waals surface area contributed by atoms with Crippen molar-refractivity contribution in [2.45, 2.75) is 43.2 Å². The molecule has 130 valence electrons. The second-order valence-electron chi connectivity index (χ2n) is 5.53. The van der Waals surface area contributed by atoms with Crippen LogP contribution < -0.4 is 5.73 Å². The molecule has 2 aliphatic heterocycles. The summed E-state index contributed by atoms with van der Waals surface area (Å²) in [6, 6.07) is -0.605. The average Bonchev–Trinajstić information content (AvgIpc) is 3.00. The first kappa shape index (κ1) is 17.4. The van der Waals surface area contributed by atoms with Gasteiger partial charge in [0.15, 0.2) is 11.0 Å². The molecule has 1 aromatic rings. The number of nitrogens with zero attached hydrogens (tertiary/aromatic N) is 2. The van der Waals surface area contributed by atoms with Gasteiger partial charge in [0.05, 0.1) is 5.69 Å². The first-order valence-electron chi connectivity index (χ1n) is 7.74. The molecule has 0 bridgehead atoms. The molecule has 1 unspecified atom stereocenters. The van der Waals surface area contributed by atoms with Gasteiger partial charge in [-0.05, 0) is 12.0 Å². The third-order valence-electron chi connectivity index (χ3n) is 4.01. The van der Waals surface area contributed by atoms with Crippen molar-refractivity contribution >= 4 is 35.4 Å². The zero-order valence-electron chi connectivity index (χ0n) is 13.4. The quantitative estimate of drug-likeness (QED) is 0.573. The maximum atomic E-state index is 11.9. The molecule has 0 saturated carbocycles. The second-order valence-corrected chi connectivity index (χ2v) is 7.58. The van der Waals surface area contributed by atoms with Gasteiger partial charge in [0.2, 0.25) is 5.91 Å². The zero-order valence-corrected chi connectivity index (χ0v) is 15.1. The number of carbonyl (C=O) groups excluding carboxylic acids is 1. The van der Waals surface area contributed by atoms with E-state index in [4.69, 9.17) is 10.2 Å². The van der Waals surface area contributed by atoms with Crippen LogP contribution in [-0.2, 0) is 22.4 Å². The van der Waals surface area contributed by atoms with Gasteiger partial charge in [-0.15, -0.1) is 11.8 Å². The third kappa shape index (κ3) is 2.84. The minimum absolute atomic E-state index is 0.0752. The lowest BCUT2D eigenvalue weighted by molar-refractivity contribution is -0.147. The van der Waals surface area contributed by atoms with E-state index in [1.807, 2.05) is 13.8 Å². The molecule has 0 aromatic carbocycles. The largest absolute Gasteiger partial charge is 0.477 e. The van der Waals surface area contributed by atoms with Crippen molar-refractivity contribution in [3.8, 4) is 0 Å². The number of aromatic nitrogens is 1. The van der Waals surface area contributed by atoms with Crippen LogP contribution in [0.15, 0.2) is 20.8 Å². The van der Waals surface area contributed by atoms with Crippen molar-refractivity contribution in [3.05, 3.63) is 22.9 Å². The van der Waals surface area contributed by atoms with E-state index < -0.39 is 12.0 Å². The van der Waals surface area contributed by atoms with E-state index in [0.717, 1.165) is 17.2 Å². The minimum Gasteiger partial charge on any atom is -0.477 e. The Labute approximate surface area is 148 Å². The van der Waals surface area contributed by atoms with E-state index in [9.17, 15) is 14.7 Å². The van der Waals surface area contributed by atoms with Gasteiger partial charge in [-0.3, -0.25) is 9.69 Å². The SMILES string of the molecule is CCc1nc(CC)c(SCC2=C(C(=O)O)N3C(=O)C(N)[C@@H]3SC2)o1. The summed E-state index contributed by atoms with van der Waals surface area (Å²) in [7, 11) is 0. The molecule has 2 aliphatic rings. The summed E-state index contributed by atoms with van der Waals surface area (Å²) in [5.41, 5.74) is 7.42. The van der Waals surface area contributed by atoms with Crippen LogP contribution in [0.1, 0.15) is 25.4 Å². The Bertz CT molecular complexity index is 716. The van der Waals surface area contributed by atoms with E-state index in [2.05, 4.69) is 4.98 Å². The van der Waals surface area contributed by atoms with E-state index >= 15 is 0 Å². The Morgan fingerprint density at radius 2 is 2.25 bits per heavy atom. The number of nitrogens with two attached hydrogens (primary N) is 1. The van der Waals surface area contributed by atoms with Crippen LogP contribution >= 0.6 is 23.5 Å². The summed E-state index contributed by atoms with van der Waals surface area (Å²) in [6.07, 6.45) is 1.47. The molecular formula is C15H19N3O4S2. The van der Waals surface area contributed by atoms with Gasteiger partial charge in [-0.25, -0.2) is 9.78 Å². The highest BCUT2D eigenvalue weighted by Crippen LogP contribution is 2.41. The molecule has 1 amide bonds. The average molecular weight is 369 g/mol. The lowest BCUT2D eigenvalue weighted by Crippen LogP contribution is -2.68. The molecule has 1 fully saturated rings. The molecule has 24 heavy (non-hydrogen) atoms.